The zero-order valence-electron chi connectivity index (χ0n) is 9.23. The van der Waals surface area contributed by atoms with Crippen LogP contribution >= 0.6 is 23.1 Å². The van der Waals surface area contributed by atoms with Crippen LogP contribution < -0.4 is 5.73 Å². The highest BCUT2D eigenvalue weighted by molar-refractivity contribution is 7.98. The van der Waals surface area contributed by atoms with Crippen LogP contribution in [0, 0.1) is 0 Å². The van der Waals surface area contributed by atoms with Gasteiger partial charge in [-0.05, 0) is 18.4 Å². The average Bonchev–Trinajstić information content (AvgIpc) is 2.71. The van der Waals surface area contributed by atoms with Crippen molar-refractivity contribution in [3.63, 3.8) is 0 Å². The molecule has 5 heteroatoms. The lowest BCUT2D eigenvalue weighted by molar-refractivity contribution is 0.202. The molecule has 0 aliphatic carbocycles. The first-order valence-corrected chi connectivity index (χ1v) is 7.23. The second kappa shape index (κ2) is 7.22. The Bertz CT molecular complexity index is 278. The first-order valence-electron chi connectivity index (χ1n) is 4.95. The van der Waals surface area contributed by atoms with Gasteiger partial charge in [0.2, 0.25) is 0 Å². The Kier molecular flexibility index (Phi) is 6.24. The van der Waals surface area contributed by atoms with Crippen LogP contribution in [0.5, 0.6) is 0 Å². The van der Waals surface area contributed by atoms with Crippen molar-refractivity contribution in [2.45, 2.75) is 18.9 Å². The van der Waals surface area contributed by atoms with Crippen molar-refractivity contribution >= 4 is 23.1 Å². The van der Waals surface area contributed by atoms with Gasteiger partial charge < -0.3 is 10.5 Å². The molecule has 3 nitrogen and oxygen atoms in total. The molecular weight excluding hydrogens is 228 g/mol. The molecule has 0 bridgehead atoms. The van der Waals surface area contributed by atoms with Crippen molar-refractivity contribution in [3.8, 4) is 0 Å². The largest absolute Gasteiger partial charge is 0.384 e. The molecule has 0 aromatic carbocycles. The fourth-order valence-electron chi connectivity index (χ4n) is 1.19. The topological polar surface area (TPSA) is 48.1 Å². The number of rotatable bonds is 7. The van der Waals surface area contributed by atoms with Gasteiger partial charge in [-0.25, -0.2) is 4.98 Å². The normalized spacial score (nSPS) is 13.0. The third-order valence-corrected chi connectivity index (χ3v) is 3.67. The molecule has 0 aliphatic heterocycles. The van der Waals surface area contributed by atoms with Crippen molar-refractivity contribution < 1.29 is 4.74 Å². The van der Waals surface area contributed by atoms with Gasteiger partial charge in [0.15, 0.2) is 0 Å². The van der Waals surface area contributed by atoms with Crippen LogP contribution in [0.2, 0.25) is 0 Å². The van der Waals surface area contributed by atoms with Crippen LogP contribution in [0.3, 0.4) is 0 Å². The number of methoxy groups -OCH3 is 1. The Labute approximate surface area is 99.4 Å². The van der Waals surface area contributed by atoms with Gasteiger partial charge in [-0.2, -0.15) is 11.8 Å². The van der Waals surface area contributed by atoms with Gasteiger partial charge >= 0.3 is 0 Å². The third kappa shape index (κ3) is 4.51. The monoisotopic (exact) mass is 246 g/mol. The van der Waals surface area contributed by atoms with Crippen molar-refractivity contribution in [1.29, 1.82) is 0 Å². The smallest absolute Gasteiger partial charge is 0.0951 e. The molecule has 2 N–H and O–H groups in total. The summed E-state index contributed by atoms with van der Waals surface area (Å²) in [5, 5.41) is 3.18. The summed E-state index contributed by atoms with van der Waals surface area (Å²) < 4.78 is 5.01. The third-order valence-electron chi connectivity index (χ3n) is 2.10. The minimum Gasteiger partial charge on any atom is -0.384 e. The van der Waals surface area contributed by atoms with Gasteiger partial charge in [-0.3, -0.25) is 0 Å². The van der Waals surface area contributed by atoms with Crippen molar-refractivity contribution in [2.75, 3.05) is 25.7 Å². The standard InChI is InChI=1S/C10H18N2OS2/c1-13-5-3-10-12-9(7-15-10)8(11)4-6-14-2/h7-8H,3-6,11H2,1-2H3. The average molecular weight is 246 g/mol. The van der Waals surface area contributed by atoms with Crippen LogP contribution in [0.15, 0.2) is 5.38 Å². The molecule has 1 unspecified atom stereocenters. The number of hydrogen-bond donors (Lipinski definition) is 1. The minimum absolute atomic E-state index is 0.0880. The van der Waals surface area contributed by atoms with E-state index in [4.69, 9.17) is 10.5 Å². The maximum atomic E-state index is 6.02. The number of nitrogens with two attached hydrogens (primary N) is 1. The number of ether oxygens (including phenoxy) is 1. The predicted octanol–water partition coefficient (Wildman–Crippen LogP) is 2.08. The summed E-state index contributed by atoms with van der Waals surface area (Å²) in [6.45, 7) is 0.729. The second-order valence-electron chi connectivity index (χ2n) is 3.30. The molecule has 0 saturated carbocycles. The summed E-state index contributed by atoms with van der Waals surface area (Å²) in [5.74, 6) is 1.09. The van der Waals surface area contributed by atoms with E-state index >= 15 is 0 Å². The summed E-state index contributed by atoms with van der Waals surface area (Å²) in [4.78, 5) is 4.50. The van der Waals surface area contributed by atoms with E-state index in [0.29, 0.717) is 0 Å². The van der Waals surface area contributed by atoms with Crippen LogP contribution in [0.4, 0.5) is 0 Å². The Morgan fingerprint density at radius 1 is 1.67 bits per heavy atom. The molecule has 0 saturated heterocycles. The molecular formula is C10H18N2OS2. The fraction of sp³-hybridized carbons (Fsp3) is 0.700. The Morgan fingerprint density at radius 2 is 2.47 bits per heavy atom. The highest BCUT2D eigenvalue weighted by Crippen LogP contribution is 2.19. The molecule has 0 fully saturated rings. The summed E-state index contributed by atoms with van der Waals surface area (Å²) in [6, 6.07) is 0.0880. The van der Waals surface area contributed by atoms with Crippen LogP contribution in [-0.4, -0.2) is 30.7 Å². The van der Waals surface area contributed by atoms with Gasteiger partial charge in [0.05, 0.1) is 17.3 Å². The number of aromatic nitrogens is 1. The molecule has 86 valence electrons. The van der Waals surface area contributed by atoms with Gasteiger partial charge in [-0.15, -0.1) is 11.3 Å². The lowest BCUT2D eigenvalue weighted by atomic mass is 10.2. The number of thioether (sulfide) groups is 1. The Hall–Kier alpha value is -0.100. The number of hydrogen-bond acceptors (Lipinski definition) is 5. The fourth-order valence-corrected chi connectivity index (χ4v) is 2.53. The summed E-state index contributed by atoms with van der Waals surface area (Å²) >= 11 is 3.49. The SMILES string of the molecule is COCCc1nc(C(N)CCSC)cs1. The lowest BCUT2D eigenvalue weighted by Crippen LogP contribution is -2.11. The Morgan fingerprint density at radius 3 is 3.13 bits per heavy atom. The molecule has 0 aliphatic rings. The zero-order valence-corrected chi connectivity index (χ0v) is 10.9. The number of thiazole rings is 1. The van der Waals surface area contributed by atoms with E-state index in [2.05, 4.69) is 16.6 Å². The van der Waals surface area contributed by atoms with E-state index in [1.165, 1.54) is 0 Å². The first kappa shape index (κ1) is 13.0. The summed E-state index contributed by atoms with van der Waals surface area (Å²) in [7, 11) is 1.71. The molecule has 1 atom stereocenters. The molecule has 1 rings (SSSR count). The molecule has 0 spiro atoms. The zero-order chi connectivity index (χ0) is 11.1. The molecule has 15 heavy (non-hydrogen) atoms. The predicted molar refractivity (Wildman–Crippen MR) is 67.6 cm³/mol. The van der Waals surface area contributed by atoms with Gasteiger partial charge in [-0.1, -0.05) is 0 Å². The molecule has 0 radical (unpaired) electrons. The van der Waals surface area contributed by atoms with Crippen molar-refractivity contribution in [3.05, 3.63) is 16.1 Å². The van der Waals surface area contributed by atoms with E-state index < -0.39 is 0 Å². The van der Waals surface area contributed by atoms with Crippen LogP contribution in [0.1, 0.15) is 23.2 Å². The highest BCUT2D eigenvalue weighted by Gasteiger charge is 2.09. The van der Waals surface area contributed by atoms with Gasteiger partial charge in [0, 0.05) is 25.0 Å². The van der Waals surface area contributed by atoms with Gasteiger partial charge in [0.25, 0.3) is 0 Å². The molecule has 1 aromatic heterocycles. The van der Waals surface area contributed by atoms with E-state index in [-0.39, 0.29) is 6.04 Å². The summed E-state index contributed by atoms with van der Waals surface area (Å²) in [6.07, 6.45) is 3.98. The van der Waals surface area contributed by atoms with Crippen LogP contribution in [-0.2, 0) is 11.2 Å². The quantitative estimate of drug-likeness (QED) is 0.800. The first-order chi connectivity index (χ1) is 7.27. The van der Waals surface area contributed by atoms with E-state index in [0.717, 1.165) is 35.9 Å². The maximum Gasteiger partial charge on any atom is 0.0951 e. The highest BCUT2D eigenvalue weighted by atomic mass is 32.2. The van der Waals surface area contributed by atoms with Gasteiger partial charge in [0.1, 0.15) is 0 Å². The van der Waals surface area contributed by atoms with E-state index in [1.807, 2.05) is 11.8 Å². The minimum atomic E-state index is 0.0880. The maximum absolute atomic E-state index is 6.02. The van der Waals surface area contributed by atoms with E-state index in [9.17, 15) is 0 Å². The van der Waals surface area contributed by atoms with Crippen molar-refractivity contribution in [2.24, 2.45) is 5.73 Å². The van der Waals surface area contributed by atoms with Crippen molar-refractivity contribution in [1.82, 2.24) is 4.98 Å². The number of nitrogens with zero attached hydrogens (tertiary/aromatic N) is 1. The molecule has 0 amide bonds. The molecule has 1 heterocycles. The molecule has 1 aromatic rings. The summed E-state index contributed by atoms with van der Waals surface area (Å²) in [5.41, 5.74) is 7.05. The Balaban J connectivity index is 2.43. The second-order valence-corrected chi connectivity index (χ2v) is 5.23. The lowest BCUT2D eigenvalue weighted by Gasteiger charge is -2.06. The van der Waals surface area contributed by atoms with Crippen LogP contribution in [0.25, 0.3) is 0 Å². The van der Waals surface area contributed by atoms with E-state index in [1.54, 1.807) is 18.4 Å².